The molecular formula is C23H20N6O3. The van der Waals surface area contributed by atoms with Gasteiger partial charge in [0.05, 0.1) is 16.9 Å². The maximum Gasteiger partial charge on any atom is 0.340 e. The van der Waals surface area contributed by atoms with E-state index in [1.54, 1.807) is 40.0 Å². The van der Waals surface area contributed by atoms with Gasteiger partial charge in [0.1, 0.15) is 5.82 Å². The van der Waals surface area contributed by atoms with Crippen molar-refractivity contribution < 1.29 is 14.3 Å². The molecule has 0 saturated heterocycles. The Labute approximate surface area is 183 Å². The second-order valence-electron chi connectivity index (χ2n) is 7.46. The highest BCUT2D eigenvalue weighted by atomic mass is 16.5. The number of para-hydroxylation sites is 1. The molecule has 1 fully saturated rings. The van der Waals surface area contributed by atoms with Crippen LogP contribution in [0.25, 0.3) is 11.5 Å². The zero-order valence-electron chi connectivity index (χ0n) is 17.1. The molecule has 4 aromatic rings. The number of nitrogens with one attached hydrogen (secondary N) is 1. The van der Waals surface area contributed by atoms with Gasteiger partial charge in [0.2, 0.25) is 0 Å². The van der Waals surface area contributed by atoms with Gasteiger partial charge in [-0.05, 0) is 43.2 Å². The molecule has 1 N–H and O–H groups in total. The Morgan fingerprint density at radius 2 is 1.94 bits per heavy atom. The highest BCUT2D eigenvalue weighted by Gasteiger charge is 2.28. The minimum atomic E-state index is -0.630. The third kappa shape index (κ3) is 4.27. The number of benzene rings is 1. The van der Waals surface area contributed by atoms with Crippen LogP contribution in [0.15, 0.2) is 73.2 Å². The molecule has 3 aromatic heterocycles. The predicted molar refractivity (Wildman–Crippen MR) is 116 cm³/mol. The van der Waals surface area contributed by atoms with E-state index in [9.17, 15) is 9.59 Å². The molecule has 160 valence electrons. The molecule has 32 heavy (non-hydrogen) atoms. The van der Waals surface area contributed by atoms with Gasteiger partial charge in [-0.15, -0.1) is 0 Å². The van der Waals surface area contributed by atoms with Crippen LogP contribution in [0.1, 0.15) is 34.8 Å². The van der Waals surface area contributed by atoms with Crippen LogP contribution in [0.5, 0.6) is 0 Å². The van der Waals surface area contributed by atoms with Gasteiger partial charge in [0, 0.05) is 30.6 Å². The third-order valence-electron chi connectivity index (χ3n) is 5.05. The zero-order valence-corrected chi connectivity index (χ0v) is 17.1. The number of hydrogen-bond donors (Lipinski definition) is 1. The maximum atomic E-state index is 12.5. The number of hydrogen-bond acceptors (Lipinski definition) is 6. The van der Waals surface area contributed by atoms with Gasteiger partial charge in [-0.25, -0.2) is 19.1 Å². The molecule has 5 rings (SSSR count). The van der Waals surface area contributed by atoms with E-state index in [1.807, 2.05) is 36.4 Å². The summed E-state index contributed by atoms with van der Waals surface area (Å²) in [6.45, 7) is -0.418. The van der Waals surface area contributed by atoms with Crippen molar-refractivity contribution in [1.29, 1.82) is 0 Å². The lowest BCUT2D eigenvalue weighted by atomic mass is 10.3. The van der Waals surface area contributed by atoms with Crippen molar-refractivity contribution in [2.75, 3.05) is 11.9 Å². The van der Waals surface area contributed by atoms with Crippen LogP contribution in [-0.2, 0) is 9.53 Å². The molecule has 9 nitrogen and oxygen atoms in total. The van der Waals surface area contributed by atoms with E-state index in [4.69, 9.17) is 4.74 Å². The Hall–Kier alpha value is -4.27. The molecule has 0 spiro atoms. The minimum absolute atomic E-state index is 0.249. The van der Waals surface area contributed by atoms with E-state index in [0.29, 0.717) is 17.6 Å². The Bertz CT molecular complexity index is 1230. The van der Waals surface area contributed by atoms with Crippen molar-refractivity contribution in [2.45, 2.75) is 18.8 Å². The largest absolute Gasteiger partial charge is 0.452 e. The molecular weight excluding hydrogens is 408 g/mol. The molecule has 0 radical (unpaired) electrons. The van der Waals surface area contributed by atoms with E-state index < -0.39 is 18.5 Å². The number of ether oxygens (including phenoxy) is 1. The normalized spacial score (nSPS) is 13.0. The molecule has 0 bridgehead atoms. The minimum Gasteiger partial charge on any atom is -0.452 e. The van der Waals surface area contributed by atoms with Crippen molar-refractivity contribution in [3.05, 3.63) is 84.4 Å². The molecule has 3 heterocycles. The highest BCUT2D eigenvalue weighted by molar-refractivity contribution is 5.95. The second kappa shape index (κ2) is 8.46. The number of nitrogens with zero attached hydrogens (tertiary/aromatic N) is 5. The fourth-order valence-electron chi connectivity index (χ4n) is 3.27. The smallest absolute Gasteiger partial charge is 0.340 e. The van der Waals surface area contributed by atoms with Crippen molar-refractivity contribution in [3.63, 3.8) is 0 Å². The van der Waals surface area contributed by atoms with Crippen LogP contribution in [-0.4, -0.2) is 43.0 Å². The number of amides is 1. The zero-order chi connectivity index (χ0) is 21.9. The topological polar surface area (TPSA) is 104 Å². The SMILES string of the molecule is O=C(COC(=O)c1ccc(-n2cccn2)nc1)Nc1cc(C2CC2)nn1-c1ccccc1. The molecule has 0 aliphatic heterocycles. The fraction of sp³-hybridized carbons (Fsp3) is 0.174. The summed E-state index contributed by atoms with van der Waals surface area (Å²) in [6, 6.07) is 16.5. The number of carbonyl (C=O) groups is 2. The first-order chi connectivity index (χ1) is 15.7. The molecule has 9 heteroatoms. The second-order valence-corrected chi connectivity index (χ2v) is 7.46. The van der Waals surface area contributed by atoms with Crippen LogP contribution in [0.4, 0.5) is 5.82 Å². The lowest BCUT2D eigenvalue weighted by molar-refractivity contribution is -0.119. The van der Waals surface area contributed by atoms with Gasteiger partial charge in [0.25, 0.3) is 5.91 Å². The Morgan fingerprint density at radius 1 is 1.09 bits per heavy atom. The fourth-order valence-corrected chi connectivity index (χ4v) is 3.27. The quantitative estimate of drug-likeness (QED) is 0.454. The number of esters is 1. The van der Waals surface area contributed by atoms with E-state index in [0.717, 1.165) is 24.2 Å². The summed E-state index contributed by atoms with van der Waals surface area (Å²) in [6.07, 6.45) is 6.98. The first-order valence-corrected chi connectivity index (χ1v) is 10.3. The van der Waals surface area contributed by atoms with Gasteiger partial charge in [0.15, 0.2) is 12.4 Å². The lowest BCUT2D eigenvalue weighted by Gasteiger charge is -2.09. The van der Waals surface area contributed by atoms with Gasteiger partial charge in [-0.3, -0.25) is 4.79 Å². The van der Waals surface area contributed by atoms with E-state index >= 15 is 0 Å². The van der Waals surface area contributed by atoms with Crippen LogP contribution in [0.2, 0.25) is 0 Å². The van der Waals surface area contributed by atoms with Crippen LogP contribution in [0.3, 0.4) is 0 Å². The molecule has 1 amide bonds. The van der Waals surface area contributed by atoms with Crippen LogP contribution < -0.4 is 5.32 Å². The molecule has 1 aliphatic carbocycles. The number of anilines is 1. The highest BCUT2D eigenvalue weighted by Crippen LogP contribution is 2.40. The summed E-state index contributed by atoms with van der Waals surface area (Å²) in [5.41, 5.74) is 2.04. The Kier molecular flexibility index (Phi) is 5.20. The Balaban J connectivity index is 1.23. The standard InChI is InChI=1S/C23H20N6O3/c30-22(15-32-23(31)17-9-10-20(24-14-17)28-12-4-11-25-28)26-21-13-19(16-7-8-16)27-29(21)18-5-2-1-3-6-18/h1-6,9-14,16H,7-8,15H2,(H,26,30). The lowest BCUT2D eigenvalue weighted by Crippen LogP contribution is -2.22. The summed E-state index contributed by atoms with van der Waals surface area (Å²) in [5.74, 6) is 0.480. The van der Waals surface area contributed by atoms with Gasteiger partial charge < -0.3 is 10.1 Å². The summed E-state index contributed by atoms with van der Waals surface area (Å²) in [7, 11) is 0. The number of rotatable bonds is 7. The van der Waals surface area contributed by atoms with Crippen molar-refractivity contribution in [2.24, 2.45) is 0 Å². The summed E-state index contributed by atoms with van der Waals surface area (Å²) in [5, 5.41) is 11.5. The Morgan fingerprint density at radius 3 is 2.62 bits per heavy atom. The van der Waals surface area contributed by atoms with Crippen molar-refractivity contribution in [1.82, 2.24) is 24.5 Å². The first-order valence-electron chi connectivity index (χ1n) is 10.3. The maximum absolute atomic E-state index is 12.5. The van der Waals surface area contributed by atoms with Gasteiger partial charge >= 0.3 is 5.97 Å². The number of carbonyl (C=O) groups excluding carboxylic acids is 2. The first kappa shape index (κ1) is 19.7. The van der Waals surface area contributed by atoms with Crippen molar-refractivity contribution in [3.8, 4) is 11.5 Å². The van der Waals surface area contributed by atoms with Gasteiger partial charge in [-0.1, -0.05) is 18.2 Å². The van der Waals surface area contributed by atoms with E-state index in [1.165, 1.54) is 6.20 Å². The molecule has 1 aromatic carbocycles. The summed E-state index contributed by atoms with van der Waals surface area (Å²) < 4.78 is 8.44. The molecule has 0 unspecified atom stereocenters. The van der Waals surface area contributed by atoms with Gasteiger partial charge in [-0.2, -0.15) is 10.2 Å². The average molecular weight is 428 g/mol. The monoisotopic (exact) mass is 428 g/mol. The van der Waals surface area contributed by atoms with Crippen molar-refractivity contribution >= 4 is 17.7 Å². The number of pyridine rings is 1. The summed E-state index contributed by atoms with van der Waals surface area (Å²) in [4.78, 5) is 29.0. The van der Waals surface area contributed by atoms with Crippen LogP contribution >= 0.6 is 0 Å². The predicted octanol–water partition coefficient (Wildman–Crippen LogP) is 3.13. The molecule has 1 saturated carbocycles. The molecule has 0 atom stereocenters. The average Bonchev–Trinajstić information content (AvgIpc) is 3.36. The van der Waals surface area contributed by atoms with E-state index in [-0.39, 0.29) is 5.56 Å². The van der Waals surface area contributed by atoms with Crippen LogP contribution in [0, 0.1) is 0 Å². The number of aromatic nitrogens is 5. The summed E-state index contributed by atoms with van der Waals surface area (Å²) >= 11 is 0. The third-order valence-corrected chi connectivity index (χ3v) is 5.05. The van der Waals surface area contributed by atoms with E-state index in [2.05, 4.69) is 20.5 Å². The molecule has 1 aliphatic rings.